The van der Waals surface area contributed by atoms with Crippen molar-refractivity contribution in [2.45, 2.75) is 12.3 Å². The molecule has 1 aromatic heterocycles. The minimum Gasteiger partial charge on any atom is -0.338 e. The zero-order chi connectivity index (χ0) is 13.4. The van der Waals surface area contributed by atoms with Gasteiger partial charge in [0.1, 0.15) is 5.82 Å². The number of amides is 1. The summed E-state index contributed by atoms with van der Waals surface area (Å²) in [4.78, 5) is 18.4. The minimum absolute atomic E-state index is 0.185. The van der Waals surface area contributed by atoms with Gasteiger partial charge in [-0.1, -0.05) is 18.2 Å². The van der Waals surface area contributed by atoms with E-state index in [4.69, 9.17) is 0 Å². The van der Waals surface area contributed by atoms with E-state index in [9.17, 15) is 4.79 Å². The van der Waals surface area contributed by atoms with Gasteiger partial charge < -0.3 is 9.47 Å². The molecule has 0 radical (unpaired) electrons. The fourth-order valence-electron chi connectivity index (χ4n) is 2.81. The summed E-state index contributed by atoms with van der Waals surface area (Å²) in [5, 5.41) is 0. The maximum Gasteiger partial charge on any atom is 0.223 e. The second-order valence-corrected chi connectivity index (χ2v) is 5.01. The van der Waals surface area contributed by atoms with Crippen LogP contribution in [0.2, 0.25) is 0 Å². The van der Waals surface area contributed by atoms with E-state index < -0.39 is 0 Å². The number of fused-ring (bicyclic) bond motifs is 1. The van der Waals surface area contributed by atoms with E-state index in [2.05, 4.69) is 22.2 Å². The maximum absolute atomic E-state index is 11.9. The molecule has 1 aliphatic heterocycles. The van der Waals surface area contributed by atoms with E-state index in [0.717, 1.165) is 23.4 Å². The number of nitrogens with zero attached hydrogens (tertiary/aromatic N) is 3. The lowest BCUT2D eigenvalue weighted by Gasteiger charge is -2.13. The quantitative estimate of drug-likeness (QED) is 0.787. The number of likely N-dealkylation sites (tertiary alicyclic amines) is 1. The molecule has 1 aliphatic rings. The highest BCUT2D eigenvalue weighted by atomic mass is 16.2. The van der Waals surface area contributed by atoms with Crippen LogP contribution in [0.5, 0.6) is 0 Å². The van der Waals surface area contributed by atoms with E-state index in [1.165, 1.54) is 0 Å². The largest absolute Gasteiger partial charge is 0.338 e. The summed E-state index contributed by atoms with van der Waals surface area (Å²) >= 11 is 0. The molecule has 1 atom stereocenters. The van der Waals surface area contributed by atoms with Crippen LogP contribution in [0.1, 0.15) is 18.2 Å². The van der Waals surface area contributed by atoms with Crippen molar-refractivity contribution in [3.05, 3.63) is 42.7 Å². The molecule has 4 nitrogen and oxygen atoms in total. The number of imidazole rings is 1. The summed E-state index contributed by atoms with van der Waals surface area (Å²) in [6.45, 7) is 5.06. The highest BCUT2D eigenvalue weighted by Gasteiger charge is 2.32. The first-order valence-electron chi connectivity index (χ1n) is 6.50. The van der Waals surface area contributed by atoms with Crippen molar-refractivity contribution in [1.29, 1.82) is 0 Å². The highest BCUT2D eigenvalue weighted by molar-refractivity contribution is 5.81. The molecule has 19 heavy (non-hydrogen) atoms. The third kappa shape index (κ3) is 1.93. The molecule has 0 N–H and O–H groups in total. The molecule has 3 rings (SSSR count). The number of para-hydroxylation sites is 2. The van der Waals surface area contributed by atoms with Crippen LogP contribution in [0.15, 0.2) is 36.9 Å². The molecule has 0 saturated carbocycles. The second kappa shape index (κ2) is 4.53. The molecule has 0 aliphatic carbocycles. The van der Waals surface area contributed by atoms with Gasteiger partial charge in [-0.2, -0.15) is 0 Å². The molecule has 1 unspecified atom stereocenters. The van der Waals surface area contributed by atoms with Crippen LogP contribution in [-0.4, -0.2) is 33.4 Å². The van der Waals surface area contributed by atoms with Gasteiger partial charge in [0.15, 0.2) is 0 Å². The molecular weight excluding hydrogens is 238 g/mol. The minimum atomic E-state index is 0.185. The summed E-state index contributed by atoms with van der Waals surface area (Å²) < 4.78 is 2.10. The normalized spacial score (nSPS) is 19.3. The number of benzene rings is 1. The van der Waals surface area contributed by atoms with Gasteiger partial charge in [0, 0.05) is 32.5 Å². The van der Waals surface area contributed by atoms with Crippen molar-refractivity contribution < 1.29 is 4.79 Å². The average molecular weight is 255 g/mol. The van der Waals surface area contributed by atoms with Crippen molar-refractivity contribution in [3.63, 3.8) is 0 Å². The number of carbonyl (C=O) groups is 1. The van der Waals surface area contributed by atoms with Gasteiger partial charge in [-0.15, -0.1) is 6.58 Å². The Kier molecular flexibility index (Phi) is 2.85. The lowest BCUT2D eigenvalue weighted by Crippen LogP contribution is -2.25. The van der Waals surface area contributed by atoms with Gasteiger partial charge >= 0.3 is 0 Å². The Labute approximate surface area is 112 Å². The van der Waals surface area contributed by atoms with Gasteiger partial charge in [-0.3, -0.25) is 4.79 Å². The second-order valence-electron chi connectivity index (χ2n) is 5.01. The Balaban J connectivity index is 1.95. The van der Waals surface area contributed by atoms with Crippen LogP contribution in [0, 0.1) is 0 Å². The van der Waals surface area contributed by atoms with Crippen LogP contribution in [0.3, 0.4) is 0 Å². The number of aryl methyl sites for hydroxylation is 1. The van der Waals surface area contributed by atoms with Crippen molar-refractivity contribution >= 4 is 16.9 Å². The smallest absolute Gasteiger partial charge is 0.223 e. The van der Waals surface area contributed by atoms with E-state index in [-0.39, 0.29) is 11.8 Å². The third-order valence-corrected chi connectivity index (χ3v) is 3.75. The van der Waals surface area contributed by atoms with Crippen molar-refractivity contribution in [3.8, 4) is 0 Å². The Hall–Kier alpha value is -2.10. The molecule has 2 heterocycles. The Morgan fingerprint density at radius 2 is 2.26 bits per heavy atom. The fourth-order valence-corrected chi connectivity index (χ4v) is 2.81. The molecule has 1 saturated heterocycles. The molecule has 1 aromatic carbocycles. The number of carbonyl (C=O) groups excluding carboxylic acids is 1. The van der Waals surface area contributed by atoms with Crippen LogP contribution in [-0.2, 0) is 11.8 Å². The topological polar surface area (TPSA) is 38.1 Å². The molecule has 98 valence electrons. The highest BCUT2D eigenvalue weighted by Crippen LogP contribution is 2.29. The van der Waals surface area contributed by atoms with Crippen molar-refractivity contribution in [2.24, 2.45) is 7.05 Å². The molecule has 2 aromatic rings. The third-order valence-electron chi connectivity index (χ3n) is 3.75. The summed E-state index contributed by atoms with van der Waals surface area (Å²) in [5.74, 6) is 1.38. The fraction of sp³-hybridized carbons (Fsp3) is 0.333. The summed E-state index contributed by atoms with van der Waals surface area (Å²) in [7, 11) is 2.02. The lowest BCUT2D eigenvalue weighted by molar-refractivity contribution is -0.127. The van der Waals surface area contributed by atoms with Gasteiger partial charge in [-0.05, 0) is 12.1 Å². The molecule has 0 bridgehead atoms. The van der Waals surface area contributed by atoms with E-state index in [1.54, 1.807) is 6.08 Å². The van der Waals surface area contributed by atoms with Gasteiger partial charge in [0.25, 0.3) is 0 Å². The van der Waals surface area contributed by atoms with Crippen LogP contribution in [0.25, 0.3) is 11.0 Å². The molecular formula is C15H17N3O. The first-order valence-corrected chi connectivity index (χ1v) is 6.50. The average Bonchev–Trinajstić information content (AvgIpc) is 2.93. The number of hydrogen-bond donors (Lipinski definition) is 0. The number of aromatic nitrogens is 2. The van der Waals surface area contributed by atoms with E-state index >= 15 is 0 Å². The SMILES string of the molecule is C=CCN1CC(c2nc3ccccc3n2C)CC1=O. The zero-order valence-electron chi connectivity index (χ0n) is 11.0. The number of rotatable bonds is 3. The van der Waals surface area contributed by atoms with E-state index in [0.29, 0.717) is 13.0 Å². The van der Waals surface area contributed by atoms with Crippen LogP contribution >= 0.6 is 0 Å². The first-order chi connectivity index (χ1) is 9.20. The summed E-state index contributed by atoms with van der Waals surface area (Å²) in [5.41, 5.74) is 2.11. The first kappa shape index (κ1) is 12.0. The number of hydrogen-bond acceptors (Lipinski definition) is 2. The molecule has 1 amide bonds. The maximum atomic E-state index is 11.9. The predicted molar refractivity (Wildman–Crippen MR) is 74.8 cm³/mol. The van der Waals surface area contributed by atoms with Crippen LogP contribution in [0.4, 0.5) is 0 Å². The standard InChI is InChI=1S/C15H17N3O/c1-3-8-18-10-11(9-14(18)19)15-16-12-6-4-5-7-13(12)17(15)2/h3-7,11H,1,8-10H2,2H3. The molecule has 0 spiro atoms. The van der Waals surface area contributed by atoms with Gasteiger partial charge in [0.05, 0.1) is 11.0 Å². The van der Waals surface area contributed by atoms with Crippen molar-refractivity contribution in [2.75, 3.05) is 13.1 Å². The van der Waals surface area contributed by atoms with Crippen molar-refractivity contribution in [1.82, 2.24) is 14.5 Å². The predicted octanol–water partition coefficient (Wildman–Crippen LogP) is 2.08. The molecule has 4 heteroatoms. The lowest BCUT2D eigenvalue weighted by atomic mass is 10.1. The van der Waals surface area contributed by atoms with Crippen LogP contribution < -0.4 is 0 Å². The monoisotopic (exact) mass is 255 g/mol. The summed E-state index contributed by atoms with van der Waals surface area (Å²) in [6.07, 6.45) is 2.32. The zero-order valence-corrected chi connectivity index (χ0v) is 11.0. The molecule has 1 fully saturated rings. The Morgan fingerprint density at radius 3 is 3.00 bits per heavy atom. The Bertz CT molecular complexity index is 644. The Morgan fingerprint density at radius 1 is 1.47 bits per heavy atom. The summed E-state index contributed by atoms with van der Waals surface area (Å²) in [6, 6.07) is 8.07. The van der Waals surface area contributed by atoms with E-state index in [1.807, 2.05) is 30.1 Å². The van der Waals surface area contributed by atoms with Gasteiger partial charge in [-0.25, -0.2) is 4.98 Å². The van der Waals surface area contributed by atoms with Gasteiger partial charge in [0.2, 0.25) is 5.91 Å².